The Hall–Kier alpha value is -3.99. The van der Waals surface area contributed by atoms with Gasteiger partial charge in [0.25, 0.3) is 5.69 Å². The number of hydrogen-bond acceptors (Lipinski definition) is 8. The first-order valence-corrected chi connectivity index (χ1v) is 10.5. The van der Waals surface area contributed by atoms with Gasteiger partial charge < -0.3 is 9.47 Å². The van der Waals surface area contributed by atoms with Gasteiger partial charge in [-0.3, -0.25) is 25.7 Å². The van der Waals surface area contributed by atoms with Crippen molar-refractivity contribution in [1.82, 2.24) is 0 Å². The smallest absolute Gasteiger partial charge is 0.301 e. The maximum atomic E-state index is 11.3. The Morgan fingerprint density at radius 3 is 2.39 bits per heavy atom. The Kier molecular flexibility index (Phi) is 7.92. The third kappa shape index (κ3) is 6.26. The topological polar surface area (TPSA) is 129 Å². The Labute approximate surface area is 197 Å². The molecule has 0 aliphatic heterocycles. The Morgan fingerprint density at radius 1 is 1.00 bits per heavy atom. The number of nitrogens with zero attached hydrogens (tertiary/aromatic N) is 3. The summed E-state index contributed by atoms with van der Waals surface area (Å²) in [7, 11) is 0. The number of nitrogens with one attached hydrogen (secondary N) is 1. The van der Waals surface area contributed by atoms with Crippen molar-refractivity contribution in [2.75, 3.05) is 12.0 Å². The van der Waals surface area contributed by atoms with Crippen molar-refractivity contribution in [3.63, 3.8) is 0 Å². The summed E-state index contributed by atoms with van der Waals surface area (Å²) in [6.07, 6.45) is 1.44. The maximum Gasteiger partial charge on any atom is 0.301 e. The predicted molar refractivity (Wildman–Crippen MR) is 127 cm³/mol. The van der Waals surface area contributed by atoms with Gasteiger partial charge in [-0.25, -0.2) is 0 Å². The third-order valence-electron chi connectivity index (χ3n) is 4.38. The molecule has 11 heteroatoms. The minimum absolute atomic E-state index is 0.0193. The Morgan fingerprint density at radius 2 is 1.73 bits per heavy atom. The number of halogens is 1. The van der Waals surface area contributed by atoms with E-state index in [-0.39, 0.29) is 11.4 Å². The molecule has 170 valence electrons. The summed E-state index contributed by atoms with van der Waals surface area (Å²) in [5, 5.41) is 26.2. The van der Waals surface area contributed by atoms with E-state index in [1.807, 2.05) is 37.3 Å². The van der Waals surface area contributed by atoms with Gasteiger partial charge in [0.2, 0.25) is 0 Å². The predicted octanol–water partition coefficient (Wildman–Crippen LogP) is 5.69. The standard InChI is InChI=1S/C22H19BrN4O6/c1-2-32-21-10-16(18(23)12-22(21)33-14-15-6-4-3-5-7-15)13-24-25-19-9-8-17(26(28)29)11-20(19)27(30)31/h3-13,25H,2,14H2,1H3/b24-13+. The monoisotopic (exact) mass is 514 g/mol. The minimum atomic E-state index is -0.715. The van der Waals surface area contributed by atoms with Crippen LogP contribution in [0, 0.1) is 20.2 Å². The number of benzene rings is 3. The lowest BCUT2D eigenvalue weighted by atomic mass is 10.2. The zero-order valence-electron chi connectivity index (χ0n) is 17.4. The van der Waals surface area contributed by atoms with Gasteiger partial charge in [-0.2, -0.15) is 5.10 Å². The molecule has 3 aromatic carbocycles. The lowest BCUT2D eigenvalue weighted by Gasteiger charge is -2.14. The third-order valence-corrected chi connectivity index (χ3v) is 5.06. The summed E-state index contributed by atoms with van der Waals surface area (Å²) in [6.45, 7) is 2.64. The van der Waals surface area contributed by atoms with Crippen LogP contribution in [-0.4, -0.2) is 22.7 Å². The quantitative estimate of drug-likeness (QED) is 0.209. The van der Waals surface area contributed by atoms with Gasteiger partial charge in [-0.05, 0) is 46.6 Å². The average molecular weight is 515 g/mol. The average Bonchev–Trinajstić information content (AvgIpc) is 2.80. The fraction of sp³-hybridized carbons (Fsp3) is 0.136. The first-order valence-electron chi connectivity index (χ1n) is 9.74. The maximum absolute atomic E-state index is 11.3. The van der Waals surface area contributed by atoms with E-state index >= 15 is 0 Å². The van der Waals surface area contributed by atoms with E-state index in [1.54, 1.807) is 12.1 Å². The number of rotatable bonds is 10. The van der Waals surface area contributed by atoms with Gasteiger partial charge in [-0.1, -0.05) is 30.3 Å². The molecule has 1 N–H and O–H groups in total. The normalized spacial score (nSPS) is 10.7. The molecule has 0 aliphatic rings. The summed E-state index contributed by atoms with van der Waals surface area (Å²) in [5.41, 5.74) is 3.38. The first-order chi connectivity index (χ1) is 15.9. The van der Waals surface area contributed by atoms with Crippen LogP contribution in [-0.2, 0) is 6.61 Å². The first kappa shape index (κ1) is 23.7. The van der Waals surface area contributed by atoms with Gasteiger partial charge in [0, 0.05) is 16.1 Å². The summed E-state index contributed by atoms with van der Waals surface area (Å²) >= 11 is 3.47. The van der Waals surface area contributed by atoms with Crippen molar-refractivity contribution in [2.45, 2.75) is 13.5 Å². The SMILES string of the molecule is CCOc1cc(/C=N/Nc2ccc([N+](=O)[O-])cc2[N+](=O)[O-])c(Br)cc1OCc1ccccc1. The molecule has 0 bridgehead atoms. The van der Waals surface area contributed by atoms with Crippen molar-refractivity contribution in [3.8, 4) is 11.5 Å². The highest BCUT2D eigenvalue weighted by Crippen LogP contribution is 2.34. The molecule has 0 aliphatic carbocycles. The fourth-order valence-electron chi connectivity index (χ4n) is 2.82. The molecule has 0 saturated heterocycles. The zero-order chi connectivity index (χ0) is 23.8. The largest absolute Gasteiger partial charge is 0.490 e. The summed E-state index contributed by atoms with van der Waals surface area (Å²) in [6, 6.07) is 16.5. The van der Waals surface area contributed by atoms with Crippen LogP contribution in [0.3, 0.4) is 0 Å². The van der Waals surface area contributed by atoms with E-state index in [9.17, 15) is 20.2 Å². The number of ether oxygens (including phenoxy) is 2. The molecule has 3 aromatic rings. The second-order valence-corrected chi connectivity index (χ2v) is 7.47. The Balaban J connectivity index is 1.80. The van der Waals surface area contributed by atoms with E-state index in [0.29, 0.717) is 34.7 Å². The van der Waals surface area contributed by atoms with Crippen molar-refractivity contribution < 1.29 is 19.3 Å². The van der Waals surface area contributed by atoms with Crippen LogP contribution >= 0.6 is 15.9 Å². The number of non-ortho nitro benzene ring substituents is 1. The molecule has 0 saturated carbocycles. The van der Waals surface area contributed by atoms with Crippen molar-refractivity contribution in [1.29, 1.82) is 0 Å². The second-order valence-electron chi connectivity index (χ2n) is 6.61. The van der Waals surface area contributed by atoms with Crippen LogP contribution in [0.25, 0.3) is 0 Å². The molecule has 10 nitrogen and oxygen atoms in total. The lowest BCUT2D eigenvalue weighted by molar-refractivity contribution is -0.393. The van der Waals surface area contributed by atoms with E-state index in [1.165, 1.54) is 12.3 Å². The number of nitro benzene ring substituents is 2. The zero-order valence-corrected chi connectivity index (χ0v) is 19.0. The van der Waals surface area contributed by atoms with Crippen LogP contribution in [0.1, 0.15) is 18.1 Å². The van der Waals surface area contributed by atoms with E-state index in [0.717, 1.165) is 17.7 Å². The molecule has 0 fully saturated rings. The van der Waals surface area contributed by atoms with Gasteiger partial charge >= 0.3 is 5.69 Å². The van der Waals surface area contributed by atoms with Crippen molar-refractivity contribution in [3.05, 3.63) is 96.5 Å². The minimum Gasteiger partial charge on any atom is -0.490 e. The summed E-state index contributed by atoms with van der Waals surface area (Å²) in [5.74, 6) is 1.06. The molecule has 33 heavy (non-hydrogen) atoms. The van der Waals surface area contributed by atoms with Crippen molar-refractivity contribution >= 4 is 39.2 Å². The van der Waals surface area contributed by atoms with Crippen molar-refractivity contribution in [2.24, 2.45) is 5.10 Å². The highest BCUT2D eigenvalue weighted by molar-refractivity contribution is 9.10. The van der Waals surface area contributed by atoms with E-state index in [2.05, 4.69) is 26.5 Å². The molecule has 0 aromatic heterocycles. The van der Waals surface area contributed by atoms with Gasteiger partial charge in [-0.15, -0.1) is 0 Å². The molecule has 0 amide bonds. The highest BCUT2D eigenvalue weighted by Gasteiger charge is 2.19. The number of nitro groups is 2. The fourth-order valence-corrected chi connectivity index (χ4v) is 3.24. The molecule has 3 rings (SSSR count). The molecule has 0 radical (unpaired) electrons. The van der Waals surface area contributed by atoms with Crippen LogP contribution in [0.5, 0.6) is 11.5 Å². The number of hydrogen-bond donors (Lipinski definition) is 1. The van der Waals surface area contributed by atoms with Gasteiger partial charge in [0.05, 0.1) is 28.7 Å². The van der Waals surface area contributed by atoms with Crippen LogP contribution < -0.4 is 14.9 Å². The molecule has 0 spiro atoms. The molecular weight excluding hydrogens is 496 g/mol. The molecular formula is C22H19BrN4O6. The summed E-state index contributed by atoms with van der Waals surface area (Å²) < 4.78 is 12.3. The van der Waals surface area contributed by atoms with Gasteiger partial charge in [0.1, 0.15) is 12.3 Å². The summed E-state index contributed by atoms with van der Waals surface area (Å²) in [4.78, 5) is 20.7. The number of hydrazone groups is 1. The van der Waals surface area contributed by atoms with E-state index < -0.39 is 15.5 Å². The van der Waals surface area contributed by atoms with E-state index in [4.69, 9.17) is 9.47 Å². The van der Waals surface area contributed by atoms with Crippen LogP contribution in [0.15, 0.2) is 70.2 Å². The highest BCUT2D eigenvalue weighted by atomic mass is 79.9. The number of anilines is 1. The molecule has 0 unspecified atom stereocenters. The Bertz CT molecular complexity index is 1190. The lowest BCUT2D eigenvalue weighted by Crippen LogP contribution is -2.02. The molecule has 0 heterocycles. The second kappa shape index (κ2) is 11.0. The van der Waals surface area contributed by atoms with Gasteiger partial charge in [0.15, 0.2) is 11.5 Å². The van der Waals surface area contributed by atoms with Crippen LogP contribution in [0.2, 0.25) is 0 Å². The molecule has 0 atom stereocenters. The van der Waals surface area contributed by atoms with Crippen LogP contribution in [0.4, 0.5) is 17.1 Å².